The molecule has 0 aliphatic carbocycles. The lowest BCUT2D eigenvalue weighted by Gasteiger charge is -2.22. The Bertz CT molecular complexity index is 946. The van der Waals surface area contributed by atoms with E-state index in [0.29, 0.717) is 11.4 Å². The number of sulfonamides is 1. The van der Waals surface area contributed by atoms with Crippen molar-refractivity contribution in [2.45, 2.75) is 12.7 Å². The maximum Gasteiger partial charge on any atom is 0.471 e. The van der Waals surface area contributed by atoms with Gasteiger partial charge in [0.2, 0.25) is 10.0 Å². The second-order valence-corrected chi connectivity index (χ2v) is 7.65. The summed E-state index contributed by atoms with van der Waals surface area (Å²) in [6.07, 6.45) is -2.92. The minimum absolute atomic E-state index is 0.0168. The lowest BCUT2D eigenvalue weighted by molar-refractivity contribution is -0.173. The number of para-hydroxylation sites is 1. The number of alkyl halides is 3. The highest BCUT2D eigenvalue weighted by molar-refractivity contribution is 7.92. The summed E-state index contributed by atoms with van der Waals surface area (Å²) in [5.41, 5.74) is 0.740. The zero-order valence-corrected chi connectivity index (χ0v) is 15.4. The summed E-state index contributed by atoms with van der Waals surface area (Å²) in [6.45, 7) is -0.930. The summed E-state index contributed by atoms with van der Waals surface area (Å²) >= 11 is 0. The third kappa shape index (κ3) is 5.78. The molecule has 1 aromatic heterocycles. The van der Waals surface area contributed by atoms with E-state index in [1.54, 1.807) is 30.3 Å². The molecule has 1 aromatic carbocycles. The number of Topliss-reactive ketones (excluding diaryl/α,β-unsaturated/α-hetero) is 1. The van der Waals surface area contributed by atoms with Crippen LogP contribution in [0.2, 0.25) is 0 Å². The predicted octanol–water partition coefficient (Wildman–Crippen LogP) is 1.91. The van der Waals surface area contributed by atoms with Crippen molar-refractivity contribution in [3.05, 3.63) is 59.9 Å². The molecule has 1 amide bonds. The van der Waals surface area contributed by atoms with Crippen LogP contribution in [0.25, 0.3) is 0 Å². The molecular formula is C17H16F3N3O4S. The van der Waals surface area contributed by atoms with Crippen LogP contribution < -0.4 is 9.62 Å². The number of carbonyl (C=O) groups is 2. The number of nitrogens with one attached hydrogen (secondary N) is 1. The summed E-state index contributed by atoms with van der Waals surface area (Å²) in [4.78, 5) is 26.6. The minimum atomic E-state index is -5.07. The SMILES string of the molecule is CS(=O)(=O)N(Cc1ccc(C(=O)CNC(=O)C(F)(F)F)cn1)c1ccccc1. The lowest BCUT2D eigenvalue weighted by Crippen LogP contribution is -2.39. The molecule has 0 saturated heterocycles. The zero-order valence-electron chi connectivity index (χ0n) is 14.6. The van der Waals surface area contributed by atoms with Gasteiger partial charge in [0.1, 0.15) is 0 Å². The Morgan fingerprint density at radius 3 is 2.25 bits per heavy atom. The monoisotopic (exact) mass is 415 g/mol. The van der Waals surface area contributed by atoms with Gasteiger partial charge in [0, 0.05) is 11.8 Å². The van der Waals surface area contributed by atoms with E-state index < -0.39 is 34.4 Å². The molecule has 7 nitrogen and oxygen atoms in total. The van der Waals surface area contributed by atoms with Crippen molar-refractivity contribution in [3.8, 4) is 0 Å². The third-order valence-corrected chi connectivity index (χ3v) is 4.70. The van der Waals surface area contributed by atoms with Crippen LogP contribution in [0.3, 0.4) is 0 Å². The van der Waals surface area contributed by atoms with E-state index in [1.807, 2.05) is 0 Å². The maximum atomic E-state index is 12.1. The van der Waals surface area contributed by atoms with Crippen LogP contribution in [0.15, 0.2) is 48.7 Å². The molecule has 1 N–H and O–H groups in total. The summed E-state index contributed by atoms with van der Waals surface area (Å²) in [6, 6.07) is 11.0. The Balaban J connectivity index is 2.09. The number of amides is 1. The summed E-state index contributed by atoms with van der Waals surface area (Å²) in [5, 5.41) is 1.48. The molecule has 0 saturated carbocycles. The topological polar surface area (TPSA) is 96.4 Å². The van der Waals surface area contributed by atoms with Crippen LogP contribution in [-0.2, 0) is 21.4 Å². The Labute approximate surface area is 159 Å². The highest BCUT2D eigenvalue weighted by Crippen LogP contribution is 2.19. The molecule has 28 heavy (non-hydrogen) atoms. The van der Waals surface area contributed by atoms with Crippen molar-refractivity contribution in [1.29, 1.82) is 0 Å². The molecule has 0 fully saturated rings. The molecular weight excluding hydrogens is 399 g/mol. The number of hydrogen-bond donors (Lipinski definition) is 1. The van der Waals surface area contributed by atoms with E-state index in [4.69, 9.17) is 0 Å². The lowest BCUT2D eigenvalue weighted by atomic mass is 10.1. The highest BCUT2D eigenvalue weighted by atomic mass is 32.2. The van der Waals surface area contributed by atoms with Gasteiger partial charge in [-0.3, -0.25) is 18.9 Å². The molecule has 0 bridgehead atoms. The van der Waals surface area contributed by atoms with Gasteiger partial charge in [0.25, 0.3) is 0 Å². The second kappa shape index (κ2) is 8.38. The fraction of sp³-hybridized carbons (Fsp3) is 0.235. The van der Waals surface area contributed by atoms with Crippen molar-refractivity contribution in [2.24, 2.45) is 0 Å². The first-order valence-electron chi connectivity index (χ1n) is 7.84. The molecule has 0 radical (unpaired) electrons. The van der Waals surface area contributed by atoms with Crippen molar-refractivity contribution < 1.29 is 31.2 Å². The number of pyridine rings is 1. The number of nitrogens with zero attached hydrogens (tertiary/aromatic N) is 2. The van der Waals surface area contributed by atoms with Gasteiger partial charge in [-0.15, -0.1) is 0 Å². The molecule has 11 heteroatoms. The van der Waals surface area contributed by atoms with Crippen LogP contribution in [-0.4, -0.2) is 44.1 Å². The van der Waals surface area contributed by atoms with Gasteiger partial charge >= 0.3 is 12.1 Å². The van der Waals surface area contributed by atoms with E-state index in [-0.39, 0.29) is 12.1 Å². The maximum absolute atomic E-state index is 12.1. The number of aromatic nitrogens is 1. The number of hydrogen-bond acceptors (Lipinski definition) is 5. The van der Waals surface area contributed by atoms with Gasteiger partial charge in [-0.2, -0.15) is 13.2 Å². The molecule has 0 spiro atoms. The van der Waals surface area contributed by atoms with Gasteiger partial charge < -0.3 is 5.32 Å². The number of anilines is 1. The van der Waals surface area contributed by atoms with Gasteiger partial charge in [0.15, 0.2) is 5.78 Å². The summed E-state index contributed by atoms with van der Waals surface area (Å²) in [5.74, 6) is -2.98. The van der Waals surface area contributed by atoms with Crippen molar-refractivity contribution in [3.63, 3.8) is 0 Å². The second-order valence-electron chi connectivity index (χ2n) is 5.75. The van der Waals surface area contributed by atoms with Crippen molar-refractivity contribution in [1.82, 2.24) is 10.3 Å². The number of halogens is 3. The van der Waals surface area contributed by atoms with Crippen LogP contribution in [0.5, 0.6) is 0 Å². The first-order chi connectivity index (χ1) is 13.0. The Hall–Kier alpha value is -2.95. The number of rotatable bonds is 7. The smallest absolute Gasteiger partial charge is 0.341 e. The number of benzene rings is 1. The van der Waals surface area contributed by atoms with Crippen molar-refractivity contribution >= 4 is 27.4 Å². The normalized spacial score (nSPS) is 11.7. The van der Waals surface area contributed by atoms with Gasteiger partial charge in [-0.25, -0.2) is 8.42 Å². The quantitative estimate of drug-likeness (QED) is 0.697. The fourth-order valence-corrected chi connectivity index (χ4v) is 3.06. The highest BCUT2D eigenvalue weighted by Gasteiger charge is 2.38. The largest absolute Gasteiger partial charge is 0.471 e. The van der Waals surface area contributed by atoms with Gasteiger partial charge in [-0.05, 0) is 24.3 Å². The fourth-order valence-electron chi connectivity index (χ4n) is 2.19. The van der Waals surface area contributed by atoms with Gasteiger partial charge in [-0.1, -0.05) is 18.2 Å². The van der Waals surface area contributed by atoms with E-state index in [0.717, 1.165) is 16.8 Å². The van der Waals surface area contributed by atoms with E-state index in [2.05, 4.69) is 4.98 Å². The minimum Gasteiger partial charge on any atom is -0.341 e. The first-order valence-corrected chi connectivity index (χ1v) is 9.69. The average molecular weight is 415 g/mol. The number of carbonyl (C=O) groups excluding carboxylic acids is 2. The molecule has 1 heterocycles. The predicted molar refractivity (Wildman–Crippen MR) is 95.1 cm³/mol. The molecule has 150 valence electrons. The van der Waals surface area contributed by atoms with E-state index >= 15 is 0 Å². The zero-order chi connectivity index (χ0) is 20.9. The molecule has 0 atom stereocenters. The van der Waals surface area contributed by atoms with Crippen LogP contribution in [0, 0.1) is 0 Å². The number of ketones is 1. The summed E-state index contributed by atoms with van der Waals surface area (Å²) in [7, 11) is -3.60. The Morgan fingerprint density at radius 1 is 1.11 bits per heavy atom. The van der Waals surface area contributed by atoms with Gasteiger partial charge in [0.05, 0.1) is 30.7 Å². The molecule has 2 rings (SSSR count). The molecule has 0 aliphatic rings. The molecule has 2 aromatic rings. The first kappa shape index (κ1) is 21.4. The standard InChI is InChI=1S/C17H16F3N3O4S/c1-28(26,27)23(14-5-3-2-4-6-14)11-13-8-7-12(9-21-13)15(24)10-22-16(25)17(18,19)20/h2-9H,10-11H2,1H3,(H,22,25). The van der Waals surface area contributed by atoms with Crippen LogP contribution in [0.4, 0.5) is 18.9 Å². The summed E-state index contributed by atoms with van der Waals surface area (Å²) < 4.78 is 61.6. The Morgan fingerprint density at radius 2 is 1.75 bits per heavy atom. The van der Waals surface area contributed by atoms with E-state index in [9.17, 15) is 31.2 Å². The van der Waals surface area contributed by atoms with Crippen molar-refractivity contribution in [2.75, 3.05) is 17.1 Å². The third-order valence-electron chi connectivity index (χ3n) is 3.56. The average Bonchev–Trinajstić information content (AvgIpc) is 2.63. The molecule has 0 aliphatic heterocycles. The van der Waals surface area contributed by atoms with Crippen LogP contribution in [0.1, 0.15) is 16.1 Å². The van der Waals surface area contributed by atoms with Crippen LogP contribution >= 0.6 is 0 Å². The molecule has 0 unspecified atom stereocenters. The van der Waals surface area contributed by atoms with E-state index in [1.165, 1.54) is 17.4 Å². The Kier molecular flexibility index (Phi) is 6.39.